The van der Waals surface area contributed by atoms with Crippen molar-refractivity contribution >= 4 is 11.8 Å². The summed E-state index contributed by atoms with van der Waals surface area (Å²) in [5.74, 6) is 1.78. The Bertz CT molecular complexity index is 415. The van der Waals surface area contributed by atoms with Crippen molar-refractivity contribution in [3.8, 4) is 0 Å². The predicted octanol–water partition coefficient (Wildman–Crippen LogP) is 2.77. The molecule has 1 atom stereocenters. The second-order valence-electron chi connectivity index (χ2n) is 5.57. The van der Waals surface area contributed by atoms with Crippen LogP contribution >= 0.6 is 11.8 Å². The van der Waals surface area contributed by atoms with E-state index >= 15 is 0 Å². The molecule has 1 unspecified atom stereocenters. The van der Waals surface area contributed by atoms with Gasteiger partial charge in [0.25, 0.3) is 0 Å². The van der Waals surface area contributed by atoms with Gasteiger partial charge in [0.05, 0.1) is 6.61 Å². The summed E-state index contributed by atoms with van der Waals surface area (Å²) in [7, 11) is 0. The lowest BCUT2D eigenvalue weighted by atomic mass is 9.95. The molecule has 2 aliphatic rings. The third kappa shape index (κ3) is 2.31. The topological polar surface area (TPSA) is 32.3 Å². The minimum absolute atomic E-state index is 0.0161. The molecule has 0 spiro atoms. The summed E-state index contributed by atoms with van der Waals surface area (Å²) in [6, 6.07) is 8.72. The van der Waals surface area contributed by atoms with E-state index in [1.54, 1.807) is 0 Å². The lowest BCUT2D eigenvalue weighted by molar-refractivity contribution is 0.163. The van der Waals surface area contributed by atoms with Crippen LogP contribution in [-0.4, -0.2) is 29.5 Å². The highest BCUT2D eigenvalue weighted by molar-refractivity contribution is 7.99. The SMILES string of the molecule is OCC1(NCC2CSc3ccccc32)CCCC1. The van der Waals surface area contributed by atoms with Gasteiger partial charge >= 0.3 is 0 Å². The van der Waals surface area contributed by atoms with Crippen molar-refractivity contribution < 1.29 is 5.11 Å². The second-order valence-corrected chi connectivity index (χ2v) is 6.63. The molecule has 1 aromatic carbocycles. The standard InChI is InChI=1S/C15H21NOS/c17-11-15(7-3-4-8-15)16-9-12-10-18-14-6-2-1-5-13(12)14/h1-2,5-6,12,16-17H,3-4,7-11H2. The average molecular weight is 263 g/mol. The number of aliphatic hydroxyl groups excluding tert-OH is 1. The molecule has 0 bridgehead atoms. The summed E-state index contributed by atoms with van der Waals surface area (Å²) in [5.41, 5.74) is 1.50. The third-order valence-corrected chi connectivity index (χ3v) is 5.64. The van der Waals surface area contributed by atoms with Crippen molar-refractivity contribution in [2.24, 2.45) is 0 Å². The van der Waals surface area contributed by atoms with Gasteiger partial charge in [-0.3, -0.25) is 0 Å². The van der Waals surface area contributed by atoms with Gasteiger partial charge < -0.3 is 10.4 Å². The fourth-order valence-corrected chi connectivity index (χ4v) is 4.43. The Hall–Kier alpha value is -0.510. The van der Waals surface area contributed by atoms with Crippen LogP contribution in [0.15, 0.2) is 29.2 Å². The van der Waals surface area contributed by atoms with Crippen LogP contribution in [0.2, 0.25) is 0 Å². The number of benzene rings is 1. The van der Waals surface area contributed by atoms with Gasteiger partial charge in [0.2, 0.25) is 0 Å². The molecule has 3 heteroatoms. The highest BCUT2D eigenvalue weighted by Gasteiger charge is 2.34. The molecular weight excluding hydrogens is 242 g/mol. The molecule has 18 heavy (non-hydrogen) atoms. The highest BCUT2D eigenvalue weighted by atomic mass is 32.2. The van der Waals surface area contributed by atoms with Gasteiger partial charge in [-0.15, -0.1) is 11.8 Å². The Balaban J connectivity index is 1.65. The maximum absolute atomic E-state index is 9.62. The van der Waals surface area contributed by atoms with Crippen LogP contribution in [0.5, 0.6) is 0 Å². The van der Waals surface area contributed by atoms with E-state index in [0.717, 1.165) is 19.4 Å². The maximum Gasteiger partial charge on any atom is 0.0613 e. The van der Waals surface area contributed by atoms with Gasteiger partial charge in [0.1, 0.15) is 0 Å². The zero-order valence-corrected chi connectivity index (χ0v) is 11.5. The van der Waals surface area contributed by atoms with E-state index in [1.165, 1.54) is 29.1 Å². The Morgan fingerprint density at radius 2 is 2.06 bits per heavy atom. The minimum Gasteiger partial charge on any atom is -0.394 e. The van der Waals surface area contributed by atoms with Crippen molar-refractivity contribution in [1.82, 2.24) is 5.32 Å². The highest BCUT2D eigenvalue weighted by Crippen LogP contribution is 2.39. The van der Waals surface area contributed by atoms with Gasteiger partial charge in [-0.2, -0.15) is 0 Å². The fraction of sp³-hybridized carbons (Fsp3) is 0.600. The fourth-order valence-electron chi connectivity index (χ4n) is 3.18. The number of hydrogen-bond acceptors (Lipinski definition) is 3. The molecule has 98 valence electrons. The predicted molar refractivity (Wildman–Crippen MR) is 76.2 cm³/mol. The Labute approximate surface area is 113 Å². The van der Waals surface area contributed by atoms with E-state index < -0.39 is 0 Å². The Kier molecular flexibility index (Phi) is 3.64. The summed E-state index contributed by atoms with van der Waals surface area (Å²) in [6.45, 7) is 1.29. The van der Waals surface area contributed by atoms with Gasteiger partial charge in [-0.05, 0) is 24.5 Å². The lowest BCUT2D eigenvalue weighted by Gasteiger charge is -2.29. The summed E-state index contributed by atoms with van der Waals surface area (Å²) >= 11 is 1.96. The molecule has 1 aliphatic heterocycles. The van der Waals surface area contributed by atoms with E-state index in [9.17, 15) is 5.11 Å². The largest absolute Gasteiger partial charge is 0.394 e. The quantitative estimate of drug-likeness (QED) is 0.876. The van der Waals surface area contributed by atoms with Gasteiger partial charge in [0, 0.05) is 28.6 Å². The number of rotatable bonds is 4. The molecule has 1 fully saturated rings. The maximum atomic E-state index is 9.62. The number of nitrogens with one attached hydrogen (secondary N) is 1. The molecule has 0 saturated heterocycles. The number of thioether (sulfide) groups is 1. The molecule has 0 aromatic heterocycles. The molecule has 3 rings (SSSR count). The van der Waals surface area contributed by atoms with E-state index in [1.807, 2.05) is 11.8 Å². The summed E-state index contributed by atoms with van der Waals surface area (Å²) < 4.78 is 0. The smallest absolute Gasteiger partial charge is 0.0613 e. The van der Waals surface area contributed by atoms with Crippen molar-refractivity contribution in [2.75, 3.05) is 18.9 Å². The molecule has 0 radical (unpaired) electrons. The van der Waals surface area contributed by atoms with Crippen molar-refractivity contribution in [1.29, 1.82) is 0 Å². The van der Waals surface area contributed by atoms with Crippen LogP contribution in [0.1, 0.15) is 37.2 Å². The molecule has 2 N–H and O–H groups in total. The zero-order chi connectivity index (χ0) is 12.4. The summed E-state index contributed by atoms with van der Waals surface area (Å²) in [4.78, 5) is 1.44. The van der Waals surface area contributed by atoms with Crippen molar-refractivity contribution in [3.63, 3.8) is 0 Å². The van der Waals surface area contributed by atoms with Gasteiger partial charge in [0.15, 0.2) is 0 Å². The minimum atomic E-state index is 0.0161. The first-order valence-corrected chi connectivity index (χ1v) is 7.89. The monoisotopic (exact) mass is 263 g/mol. The number of hydrogen-bond donors (Lipinski definition) is 2. The zero-order valence-electron chi connectivity index (χ0n) is 10.7. The first-order chi connectivity index (χ1) is 8.83. The van der Waals surface area contributed by atoms with Crippen molar-refractivity contribution in [3.05, 3.63) is 29.8 Å². The van der Waals surface area contributed by atoms with Gasteiger partial charge in [-0.1, -0.05) is 31.0 Å². The Morgan fingerprint density at radius 1 is 1.28 bits per heavy atom. The normalized spacial score (nSPS) is 25.3. The first-order valence-electron chi connectivity index (χ1n) is 6.91. The first kappa shape index (κ1) is 12.5. The lowest BCUT2D eigenvalue weighted by Crippen LogP contribution is -2.47. The molecule has 1 aliphatic carbocycles. The van der Waals surface area contributed by atoms with Crippen LogP contribution in [0.25, 0.3) is 0 Å². The summed E-state index contributed by atoms with van der Waals surface area (Å²) in [6.07, 6.45) is 4.77. The van der Waals surface area contributed by atoms with Crippen molar-refractivity contribution in [2.45, 2.75) is 42.0 Å². The third-order valence-electron chi connectivity index (χ3n) is 4.39. The average Bonchev–Trinajstić information content (AvgIpc) is 3.04. The van der Waals surface area contributed by atoms with Crippen LogP contribution < -0.4 is 5.32 Å². The Morgan fingerprint density at radius 3 is 2.83 bits per heavy atom. The molecule has 2 nitrogen and oxygen atoms in total. The van der Waals surface area contributed by atoms with E-state index in [-0.39, 0.29) is 12.1 Å². The van der Waals surface area contributed by atoms with Crippen LogP contribution in [0.4, 0.5) is 0 Å². The van der Waals surface area contributed by atoms with E-state index in [2.05, 4.69) is 29.6 Å². The van der Waals surface area contributed by atoms with Gasteiger partial charge in [-0.25, -0.2) is 0 Å². The number of aliphatic hydroxyl groups is 1. The van der Waals surface area contributed by atoms with Crippen LogP contribution in [0.3, 0.4) is 0 Å². The van der Waals surface area contributed by atoms with E-state index in [4.69, 9.17) is 0 Å². The molecular formula is C15H21NOS. The van der Waals surface area contributed by atoms with Crippen LogP contribution in [-0.2, 0) is 0 Å². The molecule has 1 saturated carbocycles. The molecule has 1 heterocycles. The molecule has 0 amide bonds. The van der Waals surface area contributed by atoms with Crippen LogP contribution in [0, 0.1) is 0 Å². The summed E-state index contributed by atoms with van der Waals surface area (Å²) in [5, 5.41) is 13.3. The van der Waals surface area contributed by atoms with E-state index in [0.29, 0.717) is 5.92 Å². The number of fused-ring (bicyclic) bond motifs is 1. The molecule has 1 aromatic rings. The second kappa shape index (κ2) is 5.24.